The lowest BCUT2D eigenvalue weighted by Gasteiger charge is -2.19. The zero-order valence-corrected chi connectivity index (χ0v) is 11.9. The maximum atomic E-state index is 5.42. The van der Waals surface area contributed by atoms with Crippen LogP contribution in [0.3, 0.4) is 0 Å². The molecule has 0 heterocycles. The molecule has 0 aliphatic carbocycles. The van der Waals surface area contributed by atoms with Gasteiger partial charge in [-0.2, -0.15) is 12.6 Å². The zero-order chi connectivity index (χ0) is 12.8. The number of hydrogen-bond donors (Lipinski definition) is 1. The maximum Gasteiger partial charge on any atom is 0.127 e. The van der Waals surface area contributed by atoms with Crippen LogP contribution in [0.15, 0.2) is 12.1 Å². The summed E-state index contributed by atoms with van der Waals surface area (Å²) in [7, 11) is 5.44. The lowest BCUT2D eigenvalue weighted by atomic mass is 10.1. The summed E-state index contributed by atoms with van der Waals surface area (Å²) in [4.78, 5) is 2.23. The Morgan fingerprint density at radius 3 is 2.47 bits per heavy atom. The van der Waals surface area contributed by atoms with Crippen molar-refractivity contribution in [2.45, 2.75) is 13.5 Å². The van der Waals surface area contributed by atoms with Crippen LogP contribution in [0.2, 0.25) is 0 Å². The van der Waals surface area contributed by atoms with Crippen LogP contribution in [-0.2, 0) is 6.54 Å². The number of ether oxygens (including phenoxy) is 2. The fourth-order valence-electron chi connectivity index (χ4n) is 1.78. The first-order valence-electron chi connectivity index (χ1n) is 5.63. The van der Waals surface area contributed by atoms with E-state index in [-0.39, 0.29) is 0 Å². The normalized spacial score (nSPS) is 10.7. The minimum atomic E-state index is 0.833. The molecule has 0 saturated carbocycles. The summed E-state index contributed by atoms with van der Waals surface area (Å²) >= 11 is 4.24. The van der Waals surface area contributed by atoms with Crippen LogP contribution < -0.4 is 9.47 Å². The topological polar surface area (TPSA) is 21.7 Å². The van der Waals surface area contributed by atoms with E-state index < -0.39 is 0 Å². The number of benzene rings is 1. The van der Waals surface area contributed by atoms with E-state index >= 15 is 0 Å². The molecule has 0 atom stereocenters. The van der Waals surface area contributed by atoms with Crippen molar-refractivity contribution >= 4 is 12.6 Å². The van der Waals surface area contributed by atoms with E-state index in [0.717, 1.165) is 30.3 Å². The van der Waals surface area contributed by atoms with Gasteiger partial charge in [0.05, 0.1) is 14.2 Å². The molecule has 1 aromatic rings. The number of hydrogen-bond acceptors (Lipinski definition) is 4. The van der Waals surface area contributed by atoms with Crippen LogP contribution >= 0.6 is 12.6 Å². The summed E-state index contributed by atoms with van der Waals surface area (Å²) in [5.74, 6) is 2.57. The highest BCUT2D eigenvalue weighted by atomic mass is 32.1. The molecule has 3 nitrogen and oxygen atoms in total. The Hall–Kier alpha value is -0.870. The molecule has 0 saturated heterocycles. The fourth-order valence-corrected chi connectivity index (χ4v) is 2.12. The van der Waals surface area contributed by atoms with E-state index in [1.54, 1.807) is 14.2 Å². The number of aryl methyl sites for hydroxylation is 1. The van der Waals surface area contributed by atoms with Crippen molar-refractivity contribution in [1.82, 2.24) is 4.90 Å². The van der Waals surface area contributed by atoms with Gasteiger partial charge >= 0.3 is 0 Å². The smallest absolute Gasteiger partial charge is 0.127 e. The van der Waals surface area contributed by atoms with E-state index in [0.29, 0.717) is 0 Å². The van der Waals surface area contributed by atoms with Crippen molar-refractivity contribution in [2.24, 2.45) is 0 Å². The first kappa shape index (κ1) is 14.2. The molecular weight excluding hydrogens is 234 g/mol. The number of methoxy groups -OCH3 is 2. The van der Waals surface area contributed by atoms with E-state index in [1.165, 1.54) is 11.1 Å². The summed E-state index contributed by atoms with van der Waals surface area (Å²) in [6.07, 6.45) is 0. The highest BCUT2D eigenvalue weighted by molar-refractivity contribution is 7.80. The molecule has 0 spiro atoms. The number of rotatable bonds is 6. The molecule has 0 aromatic heterocycles. The van der Waals surface area contributed by atoms with Crippen molar-refractivity contribution in [2.75, 3.05) is 33.6 Å². The van der Waals surface area contributed by atoms with Crippen LogP contribution in [0, 0.1) is 6.92 Å². The monoisotopic (exact) mass is 255 g/mol. The lowest BCUT2D eigenvalue weighted by molar-refractivity contribution is 0.333. The van der Waals surface area contributed by atoms with Gasteiger partial charge in [0.1, 0.15) is 11.5 Å². The Kier molecular flexibility index (Phi) is 5.65. The third-order valence-electron chi connectivity index (χ3n) is 2.77. The number of nitrogens with zero attached hydrogens (tertiary/aromatic N) is 1. The second-order valence-corrected chi connectivity index (χ2v) is 4.53. The van der Waals surface area contributed by atoms with E-state index in [2.05, 4.69) is 31.5 Å². The molecule has 0 amide bonds. The Labute approximate surface area is 109 Å². The average molecular weight is 255 g/mol. The summed E-state index contributed by atoms with van der Waals surface area (Å²) in [6, 6.07) is 3.96. The molecule has 1 rings (SSSR count). The highest BCUT2D eigenvalue weighted by Crippen LogP contribution is 2.29. The van der Waals surface area contributed by atoms with Crippen molar-refractivity contribution in [1.29, 1.82) is 0 Å². The van der Waals surface area contributed by atoms with Gasteiger partial charge < -0.3 is 14.4 Å². The second kappa shape index (κ2) is 6.77. The summed E-state index contributed by atoms with van der Waals surface area (Å²) in [6.45, 7) is 3.90. The molecule has 0 aliphatic heterocycles. The van der Waals surface area contributed by atoms with Crippen LogP contribution in [0.1, 0.15) is 11.1 Å². The molecule has 0 aliphatic rings. The third kappa shape index (κ3) is 3.82. The Morgan fingerprint density at radius 2 is 1.94 bits per heavy atom. The van der Waals surface area contributed by atoms with Crippen LogP contribution in [-0.4, -0.2) is 38.5 Å². The predicted octanol–water partition coefficient (Wildman–Crippen LogP) is 2.37. The molecule has 17 heavy (non-hydrogen) atoms. The van der Waals surface area contributed by atoms with Crippen LogP contribution in [0.5, 0.6) is 11.5 Å². The summed E-state index contributed by atoms with van der Waals surface area (Å²) in [5, 5.41) is 0. The third-order valence-corrected chi connectivity index (χ3v) is 2.97. The summed E-state index contributed by atoms with van der Waals surface area (Å²) in [5.41, 5.74) is 2.39. The molecule has 96 valence electrons. The van der Waals surface area contributed by atoms with Gasteiger partial charge in [0.15, 0.2) is 0 Å². The molecule has 0 N–H and O–H groups in total. The SMILES string of the molecule is COc1cc(C)c(CN(C)CCS)c(OC)c1. The van der Waals surface area contributed by atoms with Gasteiger partial charge in [-0.25, -0.2) is 0 Å². The first-order chi connectivity index (χ1) is 8.12. The van der Waals surface area contributed by atoms with Gasteiger partial charge in [-0.05, 0) is 25.6 Å². The van der Waals surface area contributed by atoms with Crippen LogP contribution in [0.25, 0.3) is 0 Å². The molecule has 1 aromatic carbocycles. The van der Waals surface area contributed by atoms with Crippen molar-refractivity contribution in [3.63, 3.8) is 0 Å². The van der Waals surface area contributed by atoms with E-state index in [4.69, 9.17) is 9.47 Å². The molecular formula is C13H21NO2S. The van der Waals surface area contributed by atoms with Gasteiger partial charge in [-0.1, -0.05) is 0 Å². The average Bonchev–Trinajstić information content (AvgIpc) is 2.31. The Balaban J connectivity index is 2.97. The van der Waals surface area contributed by atoms with Gasteiger partial charge in [0.25, 0.3) is 0 Å². The van der Waals surface area contributed by atoms with Crippen molar-refractivity contribution in [3.05, 3.63) is 23.3 Å². The molecule has 0 unspecified atom stereocenters. The van der Waals surface area contributed by atoms with Gasteiger partial charge in [-0.3, -0.25) is 0 Å². The standard InChI is InChI=1S/C13H21NO2S/c1-10-7-11(15-3)8-13(16-4)12(10)9-14(2)5-6-17/h7-8,17H,5-6,9H2,1-4H3. The molecule has 0 fully saturated rings. The van der Waals surface area contributed by atoms with Crippen molar-refractivity contribution < 1.29 is 9.47 Å². The van der Waals surface area contributed by atoms with Crippen molar-refractivity contribution in [3.8, 4) is 11.5 Å². The minimum Gasteiger partial charge on any atom is -0.497 e. The maximum absolute atomic E-state index is 5.42. The van der Waals surface area contributed by atoms with Gasteiger partial charge in [0.2, 0.25) is 0 Å². The second-order valence-electron chi connectivity index (χ2n) is 4.09. The molecule has 0 radical (unpaired) electrons. The van der Waals surface area contributed by atoms with Gasteiger partial charge in [-0.15, -0.1) is 0 Å². The Bertz CT molecular complexity index is 369. The van der Waals surface area contributed by atoms with E-state index in [1.807, 2.05) is 12.1 Å². The number of thiol groups is 1. The lowest BCUT2D eigenvalue weighted by Crippen LogP contribution is -2.21. The Morgan fingerprint density at radius 1 is 1.24 bits per heavy atom. The fraction of sp³-hybridized carbons (Fsp3) is 0.538. The highest BCUT2D eigenvalue weighted by Gasteiger charge is 2.11. The van der Waals surface area contributed by atoms with E-state index in [9.17, 15) is 0 Å². The summed E-state index contributed by atoms with van der Waals surface area (Å²) < 4.78 is 10.7. The van der Waals surface area contributed by atoms with Crippen LogP contribution in [0.4, 0.5) is 0 Å². The molecule has 0 bridgehead atoms. The minimum absolute atomic E-state index is 0.833. The predicted molar refractivity (Wildman–Crippen MR) is 74.5 cm³/mol. The zero-order valence-electron chi connectivity index (χ0n) is 11.0. The van der Waals surface area contributed by atoms with Gasteiger partial charge in [0, 0.05) is 30.5 Å². The first-order valence-corrected chi connectivity index (χ1v) is 6.26. The quantitative estimate of drug-likeness (QED) is 0.789. The largest absolute Gasteiger partial charge is 0.497 e. The molecule has 4 heteroatoms.